The molecule has 0 aliphatic heterocycles. The van der Waals surface area contributed by atoms with Crippen LogP contribution in [0.25, 0.3) is 0 Å². The van der Waals surface area contributed by atoms with Gasteiger partial charge in [-0.3, -0.25) is 0 Å². The van der Waals surface area contributed by atoms with Gasteiger partial charge in [-0.15, -0.1) is 0 Å². The number of rotatable bonds is 7. The molecule has 1 N–H and O–H groups in total. The van der Waals surface area contributed by atoms with Crippen molar-refractivity contribution in [1.29, 1.82) is 0 Å². The van der Waals surface area contributed by atoms with Gasteiger partial charge in [0.1, 0.15) is 0 Å². The lowest BCUT2D eigenvalue weighted by Crippen LogP contribution is -2.51. The standard InChI is InChI=1S/C16H12F14O/c1-2-3-10(31)8-5-4-7(11(17,18)13(21,22)15(25,26)27)6-9(8)12(19,20)14(23,24)16(28,29)30/h4-6,10,31H,2-3H2,1H3. The SMILES string of the molecule is CCCC(O)c1ccc(C(F)(F)C(F)(F)C(F)(F)F)cc1C(F)(F)C(F)(F)C(F)(F)F. The number of hydrogen-bond acceptors (Lipinski definition) is 1. The van der Waals surface area contributed by atoms with Gasteiger partial charge in [0.25, 0.3) is 0 Å². The lowest BCUT2D eigenvalue weighted by atomic mass is 9.88. The number of halogens is 14. The molecular formula is C16H12F14O. The van der Waals surface area contributed by atoms with E-state index in [2.05, 4.69) is 0 Å². The Morgan fingerprint density at radius 3 is 1.52 bits per heavy atom. The molecule has 0 spiro atoms. The van der Waals surface area contributed by atoms with Gasteiger partial charge in [0.2, 0.25) is 0 Å². The summed E-state index contributed by atoms with van der Waals surface area (Å²) in [5.41, 5.74) is -6.77. The van der Waals surface area contributed by atoms with Crippen LogP contribution in [-0.2, 0) is 11.8 Å². The zero-order valence-corrected chi connectivity index (χ0v) is 15.0. The molecule has 1 nitrogen and oxygen atoms in total. The van der Waals surface area contributed by atoms with E-state index >= 15 is 0 Å². The molecule has 15 heteroatoms. The maximum absolute atomic E-state index is 14.2. The van der Waals surface area contributed by atoms with Crippen molar-refractivity contribution in [2.45, 2.75) is 61.9 Å². The predicted molar refractivity (Wildman–Crippen MR) is 76.1 cm³/mol. The van der Waals surface area contributed by atoms with Gasteiger partial charge in [-0.05, 0) is 18.1 Å². The van der Waals surface area contributed by atoms with Crippen LogP contribution >= 0.6 is 0 Å². The quantitative estimate of drug-likeness (QED) is 0.408. The molecule has 0 aromatic heterocycles. The van der Waals surface area contributed by atoms with Crippen LogP contribution in [0.3, 0.4) is 0 Å². The second-order valence-corrected chi connectivity index (χ2v) is 6.40. The predicted octanol–water partition coefficient (Wildman–Crippen LogP) is 7.10. The molecule has 31 heavy (non-hydrogen) atoms. The maximum Gasteiger partial charge on any atom is 0.460 e. The fourth-order valence-electron chi connectivity index (χ4n) is 2.45. The van der Waals surface area contributed by atoms with Crippen molar-refractivity contribution in [2.24, 2.45) is 0 Å². The lowest BCUT2D eigenvalue weighted by molar-refractivity contribution is -0.361. The minimum atomic E-state index is -6.97. The molecule has 0 amide bonds. The van der Waals surface area contributed by atoms with Crippen LogP contribution in [0.4, 0.5) is 61.5 Å². The Hall–Kier alpha value is -1.80. The summed E-state index contributed by atoms with van der Waals surface area (Å²) in [5.74, 6) is -26.6. The number of hydrogen-bond donors (Lipinski definition) is 1. The third-order valence-corrected chi connectivity index (χ3v) is 4.18. The fourth-order valence-corrected chi connectivity index (χ4v) is 2.45. The highest BCUT2D eigenvalue weighted by atomic mass is 19.4. The normalized spacial score (nSPS) is 15.9. The second kappa shape index (κ2) is 7.96. The molecule has 0 bridgehead atoms. The van der Waals surface area contributed by atoms with Crippen LogP contribution < -0.4 is 0 Å². The lowest BCUT2D eigenvalue weighted by Gasteiger charge is -2.33. The molecule has 0 radical (unpaired) electrons. The Bertz CT molecular complexity index is 778. The zero-order chi connectivity index (χ0) is 24.8. The van der Waals surface area contributed by atoms with Crippen LogP contribution in [0, 0.1) is 0 Å². The molecule has 0 heterocycles. The zero-order valence-electron chi connectivity index (χ0n) is 15.0. The van der Waals surface area contributed by atoms with Crippen molar-refractivity contribution in [2.75, 3.05) is 0 Å². The van der Waals surface area contributed by atoms with Gasteiger partial charge >= 0.3 is 36.0 Å². The molecule has 0 aliphatic carbocycles. The van der Waals surface area contributed by atoms with Crippen molar-refractivity contribution < 1.29 is 66.6 Å². The minimum absolute atomic E-state index is 0.0914. The Labute approximate surface area is 164 Å². The van der Waals surface area contributed by atoms with Crippen molar-refractivity contribution in [3.63, 3.8) is 0 Å². The van der Waals surface area contributed by atoms with E-state index in [1.165, 1.54) is 6.92 Å². The largest absolute Gasteiger partial charge is 0.460 e. The number of aliphatic hydroxyl groups is 1. The Kier molecular flexibility index (Phi) is 6.99. The highest BCUT2D eigenvalue weighted by Gasteiger charge is 2.75. The third kappa shape index (κ3) is 4.42. The van der Waals surface area contributed by atoms with Crippen LogP contribution in [0.15, 0.2) is 18.2 Å². The first kappa shape index (κ1) is 27.2. The first-order valence-electron chi connectivity index (χ1n) is 8.05. The summed E-state index contributed by atoms with van der Waals surface area (Å²) in [6.45, 7) is 1.29. The number of aliphatic hydroxyl groups excluding tert-OH is 1. The van der Waals surface area contributed by atoms with Crippen LogP contribution in [0.5, 0.6) is 0 Å². The summed E-state index contributed by atoms with van der Waals surface area (Å²) in [6.07, 6.45) is -16.8. The topological polar surface area (TPSA) is 20.2 Å². The number of benzene rings is 1. The minimum Gasteiger partial charge on any atom is -0.388 e. The van der Waals surface area contributed by atoms with E-state index in [0.717, 1.165) is 0 Å². The van der Waals surface area contributed by atoms with E-state index in [1.54, 1.807) is 0 Å². The first-order valence-corrected chi connectivity index (χ1v) is 8.05. The van der Waals surface area contributed by atoms with Crippen molar-refractivity contribution in [1.82, 2.24) is 0 Å². The van der Waals surface area contributed by atoms with Gasteiger partial charge in [-0.25, -0.2) is 0 Å². The first-order chi connectivity index (χ1) is 13.6. The summed E-state index contributed by atoms with van der Waals surface area (Å²) in [5, 5.41) is 9.74. The van der Waals surface area contributed by atoms with Crippen LogP contribution in [0.2, 0.25) is 0 Å². The summed E-state index contributed by atoms with van der Waals surface area (Å²) < 4.78 is 183. The highest BCUT2D eigenvalue weighted by molar-refractivity contribution is 5.40. The van der Waals surface area contributed by atoms with E-state index in [4.69, 9.17) is 0 Å². The van der Waals surface area contributed by atoms with Crippen molar-refractivity contribution >= 4 is 0 Å². The van der Waals surface area contributed by atoms with E-state index in [0.29, 0.717) is 0 Å². The van der Waals surface area contributed by atoms with Gasteiger partial charge < -0.3 is 5.11 Å². The molecule has 1 rings (SSSR count). The van der Waals surface area contributed by atoms with Gasteiger partial charge in [-0.2, -0.15) is 61.5 Å². The van der Waals surface area contributed by atoms with Crippen molar-refractivity contribution in [3.05, 3.63) is 34.9 Å². The maximum atomic E-state index is 14.2. The second-order valence-electron chi connectivity index (χ2n) is 6.40. The van der Waals surface area contributed by atoms with Gasteiger partial charge in [0, 0.05) is 11.1 Å². The van der Waals surface area contributed by atoms with Crippen LogP contribution in [0.1, 0.15) is 42.6 Å². The van der Waals surface area contributed by atoms with Crippen molar-refractivity contribution in [3.8, 4) is 0 Å². The molecule has 0 aliphatic rings. The van der Waals surface area contributed by atoms with E-state index < -0.39 is 71.3 Å². The Morgan fingerprint density at radius 2 is 1.13 bits per heavy atom. The van der Waals surface area contributed by atoms with Gasteiger partial charge in [-0.1, -0.05) is 25.5 Å². The molecule has 180 valence electrons. The molecule has 0 saturated carbocycles. The summed E-state index contributed by atoms with van der Waals surface area (Å²) in [4.78, 5) is 0. The Morgan fingerprint density at radius 1 is 0.710 bits per heavy atom. The molecule has 0 fully saturated rings. The molecule has 1 atom stereocenters. The fraction of sp³-hybridized carbons (Fsp3) is 0.625. The summed E-state index contributed by atoms with van der Waals surface area (Å²) in [7, 11) is 0. The highest BCUT2D eigenvalue weighted by Crippen LogP contribution is 2.56. The average Bonchev–Trinajstić information content (AvgIpc) is 2.59. The van der Waals surface area contributed by atoms with E-state index in [9.17, 15) is 66.6 Å². The number of alkyl halides is 14. The molecule has 1 aromatic carbocycles. The van der Waals surface area contributed by atoms with Gasteiger partial charge in [0.05, 0.1) is 6.10 Å². The summed E-state index contributed by atoms with van der Waals surface area (Å²) >= 11 is 0. The van der Waals surface area contributed by atoms with Gasteiger partial charge in [0.15, 0.2) is 0 Å². The molecular weight excluding hydrogens is 474 g/mol. The molecule has 1 aromatic rings. The Balaban J connectivity index is 3.88. The smallest absolute Gasteiger partial charge is 0.388 e. The molecule has 1 unspecified atom stereocenters. The van der Waals surface area contributed by atoms with Crippen LogP contribution in [-0.4, -0.2) is 29.3 Å². The molecule has 0 saturated heterocycles. The summed E-state index contributed by atoms with van der Waals surface area (Å²) in [6, 6.07) is -1.46. The average molecular weight is 486 g/mol. The van der Waals surface area contributed by atoms with E-state index in [-0.39, 0.29) is 18.6 Å². The monoisotopic (exact) mass is 486 g/mol. The third-order valence-electron chi connectivity index (χ3n) is 4.18. The van der Waals surface area contributed by atoms with E-state index in [1.807, 2.05) is 0 Å².